The summed E-state index contributed by atoms with van der Waals surface area (Å²) >= 11 is 0. The average Bonchev–Trinajstić information content (AvgIpc) is 2.62. The van der Waals surface area contributed by atoms with E-state index in [0.29, 0.717) is 5.92 Å². The van der Waals surface area contributed by atoms with Crippen LogP contribution in [-0.2, 0) is 5.60 Å². The third kappa shape index (κ3) is 2.07. The maximum atomic E-state index is 10.6. The van der Waals surface area contributed by atoms with Gasteiger partial charge in [-0.25, -0.2) is 0 Å². The molecule has 1 fully saturated rings. The van der Waals surface area contributed by atoms with Crippen LogP contribution in [0.4, 0.5) is 0 Å². The smallest absolute Gasteiger partial charge is 0.0899 e. The molecule has 1 nitrogen and oxygen atoms in total. The van der Waals surface area contributed by atoms with Gasteiger partial charge < -0.3 is 5.11 Å². The largest absolute Gasteiger partial charge is 0.385 e. The summed E-state index contributed by atoms with van der Waals surface area (Å²) in [4.78, 5) is 0. The lowest BCUT2D eigenvalue weighted by atomic mass is 9.90. The number of rotatable bonds is 2. The molecule has 1 heteroatoms. The fraction of sp³-hybridized carbons (Fsp3) is 0.571. The highest BCUT2D eigenvalue weighted by molar-refractivity contribution is 5.28. The molecule has 0 aromatic heterocycles. The standard InChI is InChI=1S/C14H20O/c1-3-12-7-8-14(15,10-12)13-6-4-5-11(2)9-13/h4-6,9,12,15H,3,7-8,10H2,1-2H3. The zero-order chi connectivity index (χ0) is 10.9. The number of benzene rings is 1. The Labute approximate surface area is 92.1 Å². The van der Waals surface area contributed by atoms with Gasteiger partial charge in [0.2, 0.25) is 0 Å². The minimum Gasteiger partial charge on any atom is -0.385 e. The summed E-state index contributed by atoms with van der Waals surface area (Å²) in [7, 11) is 0. The Morgan fingerprint density at radius 2 is 2.27 bits per heavy atom. The van der Waals surface area contributed by atoms with Crippen LogP contribution >= 0.6 is 0 Å². The van der Waals surface area contributed by atoms with E-state index >= 15 is 0 Å². The average molecular weight is 204 g/mol. The molecule has 2 atom stereocenters. The Morgan fingerprint density at radius 3 is 2.87 bits per heavy atom. The Morgan fingerprint density at radius 1 is 1.47 bits per heavy atom. The second kappa shape index (κ2) is 3.97. The molecule has 1 aromatic rings. The van der Waals surface area contributed by atoms with Gasteiger partial charge in [-0.3, -0.25) is 0 Å². The van der Waals surface area contributed by atoms with Gasteiger partial charge in [0.25, 0.3) is 0 Å². The van der Waals surface area contributed by atoms with Crippen molar-refractivity contribution in [3.8, 4) is 0 Å². The lowest BCUT2D eigenvalue weighted by Crippen LogP contribution is -2.21. The van der Waals surface area contributed by atoms with Gasteiger partial charge in [0.1, 0.15) is 0 Å². The topological polar surface area (TPSA) is 20.2 Å². The van der Waals surface area contributed by atoms with Gasteiger partial charge in [-0.1, -0.05) is 43.2 Å². The van der Waals surface area contributed by atoms with Crippen molar-refractivity contribution in [3.63, 3.8) is 0 Å². The summed E-state index contributed by atoms with van der Waals surface area (Å²) in [5.74, 6) is 0.704. The first-order chi connectivity index (χ1) is 7.14. The molecule has 0 radical (unpaired) electrons. The molecule has 1 N–H and O–H groups in total. The normalized spacial score (nSPS) is 30.7. The molecule has 1 aliphatic rings. The molecule has 2 unspecified atom stereocenters. The molecule has 0 spiro atoms. The molecule has 82 valence electrons. The first-order valence-electron chi connectivity index (χ1n) is 5.93. The predicted molar refractivity (Wildman–Crippen MR) is 62.7 cm³/mol. The second-order valence-corrected chi connectivity index (χ2v) is 4.92. The van der Waals surface area contributed by atoms with Gasteiger partial charge in [-0.05, 0) is 37.7 Å². The van der Waals surface area contributed by atoms with Gasteiger partial charge in [-0.2, -0.15) is 0 Å². The van der Waals surface area contributed by atoms with Crippen molar-refractivity contribution in [1.29, 1.82) is 0 Å². The Hall–Kier alpha value is -0.820. The van der Waals surface area contributed by atoms with Gasteiger partial charge in [0, 0.05) is 0 Å². The van der Waals surface area contributed by atoms with Crippen LogP contribution in [0.5, 0.6) is 0 Å². The van der Waals surface area contributed by atoms with Crippen LogP contribution in [0.25, 0.3) is 0 Å². The van der Waals surface area contributed by atoms with Crippen LogP contribution < -0.4 is 0 Å². The molecule has 1 aliphatic carbocycles. The van der Waals surface area contributed by atoms with E-state index < -0.39 is 5.60 Å². The molecule has 0 amide bonds. The minimum absolute atomic E-state index is 0.549. The third-order valence-electron chi connectivity index (χ3n) is 3.73. The maximum absolute atomic E-state index is 10.6. The molecular formula is C14H20O. The number of aliphatic hydroxyl groups is 1. The van der Waals surface area contributed by atoms with E-state index in [1.807, 2.05) is 6.07 Å². The summed E-state index contributed by atoms with van der Waals surface area (Å²) in [5, 5.41) is 10.6. The van der Waals surface area contributed by atoms with E-state index in [9.17, 15) is 5.11 Å². The molecule has 1 saturated carbocycles. The summed E-state index contributed by atoms with van der Waals surface area (Å²) in [6.07, 6.45) is 4.22. The van der Waals surface area contributed by atoms with Crippen molar-refractivity contribution in [2.45, 2.75) is 45.1 Å². The van der Waals surface area contributed by atoms with Crippen LogP contribution in [0, 0.1) is 12.8 Å². The highest BCUT2D eigenvalue weighted by atomic mass is 16.3. The van der Waals surface area contributed by atoms with Gasteiger partial charge >= 0.3 is 0 Å². The third-order valence-corrected chi connectivity index (χ3v) is 3.73. The molecule has 15 heavy (non-hydrogen) atoms. The van der Waals surface area contributed by atoms with Crippen molar-refractivity contribution in [2.24, 2.45) is 5.92 Å². The lowest BCUT2D eigenvalue weighted by Gasteiger charge is -2.23. The highest BCUT2D eigenvalue weighted by Gasteiger charge is 2.37. The van der Waals surface area contributed by atoms with E-state index in [1.165, 1.54) is 18.4 Å². The second-order valence-electron chi connectivity index (χ2n) is 4.92. The molecule has 0 saturated heterocycles. The number of aryl methyl sites for hydroxylation is 1. The van der Waals surface area contributed by atoms with Gasteiger partial charge in [0.05, 0.1) is 5.60 Å². The fourth-order valence-corrected chi connectivity index (χ4v) is 2.67. The Bertz CT molecular complexity index is 345. The Balaban J connectivity index is 2.23. The summed E-state index contributed by atoms with van der Waals surface area (Å²) in [6.45, 7) is 4.30. The molecular weight excluding hydrogens is 184 g/mol. The molecule has 0 bridgehead atoms. The number of hydrogen-bond donors (Lipinski definition) is 1. The maximum Gasteiger partial charge on any atom is 0.0899 e. The van der Waals surface area contributed by atoms with Crippen LogP contribution in [0.3, 0.4) is 0 Å². The van der Waals surface area contributed by atoms with Crippen molar-refractivity contribution in [1.82, 2.24) is 0 Å². The molecule has 1 aromatic carbocycles. The summed E-state index contributed by atoms with van der Waals surface area (Å²) in [5.41, 5.74) is 1.80. The summed E-state index contributed by atoms with van der Waals surface area (Å²) < 4.78 is 0. The zero-order valence-electron chi connectivity index (χ0n) is 9.66. The van der Waals surface area contributed by atoms with Crippen LogP contribution in [0.2, 0.25) is 0 Å². The van der Waals surface area contributed by atoms with Crippen LogP contribution in [0.15, 0.2) is 24.3 Å². The monoisotopic (exact) mass is 204 g/mol. The van der Waals surface area contributed by atoms with Crippen molar-refractivity contribution in [3.05, 3.63) is 35.4 Å². The van der Waals surface area contributed by atoms with E-state index in [4.69, 9.17) is 0 Å². The van der Waals surface area contributed by atoms with E-state index in [2.05, 4.69) is 32.0 Å². The lowest BCUT2D eigenvalue weighted by molar-refractivity contribution is 0.0397. The van der Waals surface area contributed by atoms with Crippen molar-refractivity contribution >= 4 is 0 Å². The van der Waals surface area contributed by atoms with E-state index in [0.717, 1.165) is 18.4 Å². The predicted octanol–water partition coefficient (Wildman–Crippen LogP) is 3.39. The van der Waals surface area contributed by atoms with Crippen molar-refractivity contribution < 1.29 is 5.11 Å². The minimum atomic E-state index is -0.549. The molecule has 0 aliphatic heterocycles. The van der Waals surface area contributed by atoms with Crippen LogP contribution in [0.1, 0.15) is 43.7 Å². The van der Waals surface area contributed by atoms with E-state index in [-0.39, 0.29) is 0 Å². The number of hydrogen-bond acceptors (Lipinski definition) is 1. The Kier molecular flexibility index (Phi) is 2.83. The summed E-state index contributed by atoms with van der Waals surface area (Å²) in [6, 6.07) is 8.31. The van der Waals surface area contributed by atoms with Crippen molar-refractivity contribution in [2.75, 3.05) is 0 Å². The molecule has 0 heterocycles. The van der Waals surface area contributed by atoms with Gasteiger partial charge in [0.15, 0.2) is 0 Å². The van der Waals surface area contributed by atoms with Crippen LogP contribution in [-0.4, -0.2) is 5.11 Å². The van der Waals surface area contributed by atoms with E-state index in [1.54, 1.807) is 0 Å². The highest BCUT2D eigenvalue weighted by Crippen LogP contribution is 2.43. The fourth-order valence-electron chi connectivity index (χ4n) is 2.67. The zero-order valence-corrected chi connectivity index (χ0v) is 9.66. The SMILES string of the molecule is CCC1CCC(O)(c2cccc(C)c2)C1. The quantitative estimate of drug-likeness (QED) is 0.783. The molecule has 2 rings (SSSR count). The first kappa shape index (κ1) is 10.7. The van der Waals surface area contributed by atoms with Gasteiger partial charge in [-0.15, -0.1) is 0 Å². The first-order valence-corrected chi connectivity index (χ1v) is 5.93.